The SMILES string of the molecule is CC(C)C(=O)CN1c2nc(N3CC4CC[C@@H](C3)O4)c(F)c(=O)n2CCC1C(F)(F)F. The van der Waals surface area contributed by atoms with Gasteiger partial charge in [-0.1, -0.05) is 13.8 Å². The molecule has 2 saturated heterocycles. The molecular weight excluding hydrogens is 408 g/mol. The molecule has 0 radical (unpaired) electrons. The first-order valence-electron chi connectivity index (χ1n) is 10.1. The van der Waals surface area contributed by atoms with Crippen LogP contribution in [0, 0.1) is 11.7 Å². The predicted molar refractivity (Wildman–Crippen MR) is 100 cm³/mol. The first-order chi connectivity index (χ1) is 14.1. The van der Waals surface area contributed by atoms with Crippen LogP contribution in [0.3, 0.4) is 0 Å². The van der Waals surface area contributed by atoms with E-state index in [1.807, 2.05) is 0 Å². The van der Waals surface area contributed by atoms with Gasteiger partial charge < -0.3 is 14.5 Å². The second-order valence-corrected chi connectivity index (χ2v) is 8.46. The average Bonchev–Trinajstić information content (AvgIpc) is 3.01. The van der Waals surface area contributed by atoms with Crippen molar-refractivity contribution in [3.8, 4) is 0 Å². The van der Waals surface area contributed by atoms with Crippen molar-refractivity contribution in [1.82, 2.24) is 9.55 Å². The maximum absolute atomic E-state index is 14.9. The van der Waals surface area contributed by atoms with E-state index in [1.54, 1.807) is 18.7 Å². The number of alkyl halides is 3. The van der Waals surface area contributed by atoms with E-state index >= 15 is 0 Å². The summed E-state index contributed by atoms with van der Waals surface area (Å²) in [5.41, 5.74) is -1.02. The normalized spacial score (nSPS) is 26.3. The molecule has 4 rings (SSSR count). The van der Waals surface area contributed by atoms with Gasteiger partial charge >= 0.3 is 6.18 Å². The van der Waals surface area contributed by atoms with Crippen molar-refractivity contribution in [1.29, 1.82) is 0 Å². The second kappa shape index (κ2) is 7.51. The molecule has 2 fully saturated rings. The number of rotatable bonds is 4. The summed E-state index contributed by atoms with van der Waals surface area (Å²) >= 11 is 0. The van der Waals surface area contributed by atoms with Crippen LogP contribution in [0.15, 0.2) is 4.79 Å². The van der Waals surface area contributed by atoms with E-state index in [1.165, 1.54) is 0 Å². The Bertz CT molecular complexity index is 889. The molecule has 3 atom stereocenters. The van der Waals surface area contributed by atoms with Crippen molar-refractivity contribution in [2.24, 2.45) is 5.92 Å². The number of nitrogens with zero attached hydrogens (tertiary/aromatic N) is 4. The van der Waals surface area contributed by atoms with Crippen LogP contribution in [0.4, 0.5) is 29.3 Å². The molecule has 3 aliphatic heterocycles. The average molecular weight is 432 g/mol. The Morgan fingerprint density at radius 2 is 1.83 bits per heavy atom. The maximum Gasteiger partial charge on any atom is 0.408 e. The number of carbonyl (C=O) groups excluding carboxylic acids is 1. The van der Waals surface area contributed by atoms with Crippen LogP contribution >= 0.6 is 0 Å². The van der Waals surface area contributed by atoms with Crippen LogP contribution in [0.1, 0.15) is 33.1 Å². The molecule has 1 aromatic rings. The minimum Gasteiger partial charge on any atom is -0.371 e. The van der Waals surface area contributed by atoms with Gasteiger partial charge in [0, 0.05) is 25.6 Å². The number of hydrogen-bond acceptors (Lipinski definition) is 6. The number of fused-ring (bicyclic) bond motifs is 3. The van der Waals surface area contributed by atoms with Crippen LogP contribution in [-0.4, -0.2) is 59.4 Å². The lowest BCUT2D eigenvalue weighted by Gasteiger charge is -2.40. The molecule has 0 saturated carbocycles. The highest BCUT2D eigenvalue weighted by atomic mass is 19.4. The Kier molecular flexibility index (Phi) is 5.27. The van der Waals surface area contributed by atoms with Gasteiger partial charge in [-0.05, 0) is 19.3 Å². The van der Waals surface area contributed by atoms with Gasteiger partial charge in [0.15, 0.2) is 11.6 Å². The molecule has 11 heteroatoms. The molecule has 2 bridgehead atoms. The molecular formula is C19H24F4N4O3. The van der Waals surface area contributed by atoms with E-state index in [4.69, 9.17) is 4.74 Å². The summed E-state index contributed by atoms with van der Waals surface area (Å²) < 4.78 is 62.7. The zero-order valence-electron chi connectivity index (χ0n) is 16.8. The van der Waals surface area contributed by atoms with Crippen molar-refractivity contribution in [2.45, 2.75) is 64.1 Å². The van der Waals surface area contributed by atoms with Gasteiger partial charge in [-0.3, -0.25) is 14.2 Å². The summed E-state index contributed by atoms with van der Waals surface area (Å²) in [5.74, 6) is -2.56. The second-order valence-electron chi connectivity index (χ2n) is 8.46. The lowest BCUT2D eigenvalue weighted by Crippen LogP contribution is -2.55. The smallest absolute Gasteiger partial charge is 0.371 e. The molecule has 2 unspecified atom stereocenters. The van der Waals surface area contributed by atoms with Crippen molar-refractivity contribution in [3.05, 3.63) is 16.2 Å². The number of halogens is 4. The Morgan fingerprint density at radius 3 is 2.40 bits per heavy atom. The van der Waals surface area contributed by atoms with Crippen molar-refractivity contribution >= 4 is 17.5 Å². The van der Waals surface area contributed by atoms with Crippen molar-refractivity contribution in [2.75, 3.05) is 29.4 Å². The summed E-state index contributed by atoms with van der Waals surface area (Å²) in [5, 5.41) is 0. The lowest BCUT2D eigenvalue weighted by atomic mass is 10.1. The fourth-order valence-corrected chi connectivity index (χ4v) is 4.35. The zero-order chi connectivity index (χ0) is 21.8. The van der Waals surface area contributed by atoms with Crippen LogP contribution in [0.5, 0.6) is 0 Å². The third kappa shape index (κ3) is 3.67. The molecule has 0 aromatic carbocycles. The van der Waals surface area contributed by atoms with Gasteiger partial charge in [0.05, 0.1) is 18.8 Å². The summed E-state index contributed by atoms with van der Waals surface area (Å²) in [6.07, 6.45) is -3.71. The highest BCUT2D eigenvalue weighted by Gasteiger charge is 2.48. The number of aromatic nitrogens is 2. The summed E-state index contributed by atoms with van der Waals surface area (Å²) in [6.45, 7) is 2.95. The number of Topliss-reactive ketones (excluding diaryl/α,β-unsaturated/α-hetero) is 1. The molecule has 30 heavy (non-hydrogen) atoms. The Morgan fingerprint density at radius 1 is 1.20 bits per heavy atom. The maximum atomic E-state index is 14.9. The van der Waals surface area contributed by atoms with E-state index in [9.17, 15) is 27.2 Å². The molecule has 0 spiro atoms. The number of morpholine rings is 1. The highest BCUT2D eigenvalue weighted by molar-refractivity contribution is 5.85. The Hall–Kier alpha value is -2.17. The van der Waals surface area contributed by atoms with Gasteiger partial charge in [0.1, 0.15) is 6.04 Å². The largest absolute Gasteiger partial charge is 0.408 e. The fraction of sp³-hybridized carbons (Fsp3) is 0.737. The molecule has 0 N–H and O–H groups in total. The van der Waals surface area contributed by atoms with Crippen LogP contribution < -0.4 is 15.4 Å². The van der Waals surface area contributed by atoms with Crippen molar-refractivity contribution in [3.63, 3.8) is 0 Å². The van der Waals surface area contributed by atoms with Crippen LogP contribution in [-0.2, 0) is 16.1 Å². The minimum absolute atomic E-state index is 0.120. The summed E-state index contributed by atoms with van der Waals surface area (Å²) in [7, 11) is 0. The first kappa shape index (κ1) is 21.1. The van der Waals surface area contributed by atoms with E-state index in [-0.39, 0.29) is 30.5 Å². The zero-order valence-corrected chi connectivity index (χ0v) is 16.8. The quantitative estimate of drug-likeness (QED) is 0.679. The summed E-state index contributed by atoms with van der Waals surface area (Å²) in [6, 6.07) is -1.97. The molecule has 3 aliphatic rings. The van der Waals surface area contributed by atoms with Gasteiger partial charge in [-0.25, -0.2) is 0 Å². The Labute approximate surface area is 170 Å². The standard InChI is InChI=1S/C19H24F4N4O3/c1-10(2)13(28)9-27-14(19(21,22)23)5-6-26-17(29)15(20)16(24-18(26)27)25-7-11-3-4-12(8-25)30-11/h10-12,14H,3-9H2,1-2H3/t11-,12?,14?/m0/s1. The molecule has 0 aliphatic carbocycles. The minimum atomic E-state index is -4.62. The number of ketones is 1. The number of ether oxygens (including phenoxy) is 1. The molecule has 1 aromatic heterocycles. The molecule has 4 heterocycles. The predicted octanol–water partition coefficient (Wildman–Crippen LogP) is 2.12. The van der Waals surface area contributed by atoms with Gasteiger partial charge in [0.2, 0.25) is 11.8 Å². The van der Waals surface area contributed by atoms with Crippen LogP contribution in [0.2, 0.25) is 0 Å². The lowest BCUT2D eigenvalue weighted by molar-refractivity contribution is -0.153. The topological polar surface area (TPSA) is 67.7 Å². The third-order valence-corrected chi connectivity index (χ3v) is 6.03. The van der Waals surface area contributed by atoms with Crippen molar-refractivity contribution < 1.29 is 27.1 Å². The number of anilines is 2. The van der Waals surface area contributed by atoms with Gasteiger partial charge in [-0.15, -0.1) is 0 Å². The third-order valence-electron chi connectivity index (χ3n) is 6.03. The van der Waals surface area contributed by atoms with Gasteiger partial charge in [0.25, 0.3) is 5.56 Å². The van der Waals surface area contributed by atoms with E-state index in [0.717, 1.165) is 22.3 Å². The molecule has 0 amide bonds. The van der Waals surface area contributed by atoms with E-state index in [2.05, 4.69) is 4.98 Å². The summed E-state index contributed by atoms with van der Waals surface area (Å²) in [4.78, 5) is 31.5. The number of carbonyl (C=O) groups is 1. The van der Waals surface area contributed by atoms with Crippen LogP contribution in [0.25, 0.3) is 0 Å². The highest BCUT2D eigenvalue weighted by Crippen LogP contribution is 2.36. The fourth-order valence-electron chi connectivity index (χ4n) is 4.35. The van der Waals surface area contributed by atoms with E-state index < -0.39 is 48.3 Å². The Balaban J connectivity index is 1.78. The monoisotopic (exact) mass is 432 g/mol. The van der Waals surface area contributed by atoms with E-state index in [0.29, 0.717) is 13.1 Å². The molecule has 166 valence electrons. The first-order valence-corrected chi connectivity index (χ1v) is 10.1. The number of hydrogen-bond donors (Lipinski definition) is 0. The molecule has 7 nitrogen and oxygen atoms in total. The van der Waals surface area contributed by atoms with Gasteiger partial charge in [-0.2, -0.15) is 22.5 Å².